The van der Waals surface area contributed by atoms with E-state index in [0.29, 0.717) is 12.3 Å². The smallest absolute Gasteiger partial charge is 0.308 e. The van der Waals surface area contributed by atoms with Gasteiger partial charge in [0.25, 0.3) is 0 Å². The van der Waals surface area contributed by atoms with Crippen molar-refractivity contribution in [3.63, 3.8) is 0 Å². The Labute approximate surface area is 147 Å². The Hall–Kier alpha value is -2.67. The lowest BCUT2D eigenvalue weighted by atomic mass is 10.2. The number of carbonyl (C=O) groups excluding carboxylic acids is 1. The summed E-state index contributed by atoms with van der Waals surface area (Å²) >= 11 is 1.13. The van der Waals surface area contributed by atoms with Crippen molar-refractivity contribution in [3.8, 4) is 5.75 Å². The van der Waals surface area contributed by atoms with Crippen molar-refractivity contribution >= 4 is 27.5 Å². The van der Waals surface area contributed by atoms with Crippen LogP contribution in [0.5, 0.6) is 5.75 Å². The minimum absolute atomic E-state index is 0.0275. The van der Waals surface area contributed by atoms with Crippen molar-refractivity contribution in [2.45, 2.75) is 13.5 Å². The van der Waals surface area contributed by atoms with Gasteiger partial charge < -0.3 is 10.1 Å². The number of rotatable bonds is 6. The Kier molecular flexibility index (Phi) is 5.14. The van der Waals surface area contributed by atoms with E-state index in [9.17, 15) is 14.0 Å². The van der Waals surface area contributed by atoms with Crippen LogP contribution in [-0.4, -0.2) is 23.6 Å². The number of hydrogen-bond donors (Lipinski definition) is 1. The molecule has 0 saturated carbocycles. The Morgan fingerprint density at radius 2 is 2.00 bits per heavy atom. The zero-order valence-corrected chi connectivity index (χ0v) is 14.4. The monoisotopic (exact) mass is 360 g/mol. The van der Waals surface area contributed by atoms with Gasteiger partial charge in [0.15, 0.2) is 0 Å². The second-order valence-corrected chi connectivity index (χ2v) is 6.52. The van der Waals surface area contributed by atoms with Gasteiger partial charge in [0.05, 0.1) is 16.8 Å². The zero-order chi connectivity index (χ0) is 17.8. The minimum atomic E-state index is -0.329. The van der Waals surface area contributed by atoms with Crippen molar-refractivity contribution < 1.29 is 13.9 Å². The third-order valence-corrected chi connectivity index (χ3v) is 4.64. The molecule has 0 fully saturated rings. The molecule has 25 heavy (non-hydrogen) atoms. The summed E-state index contributed by atoms with van der Waals surface area (Å²) in [7, 11) is 0. The van der Waals surface area contributed by atoms with Crippen LogP contribution in [-0.2, 0) is 11.3 Å². The van der Waals surface area contributed by atoms with Crippen molar-refractivity contribution in [2.75, 3.05) is 13.2 Å². The van der Waals surface area contributed by atoms with Crippen LogP contribution in [0.3, 0.4) is 0 Å². The fourth-order valence-electron chi connectivity index (χ4n) is 2.53. The quantitative estimate of drug-likeness (QED) is 0.688. The van der Waals surface area contributed by atoms with Gasteiger partial charge in [-0.15, -0.1) is 0 Å². The fraction of sp³-hybridized carbons (Fsp3) is 0.222. The number of para-hydroxylation sites is 1. The first-order valence-corrected chi connectivity index (χ1v) is 8.60. The molecular formula is C18H17FN2O3S. The Bertz CT molecular complexity index is 947. The molecule has 1 aromatic heterocycles. The first kappa shape index (κ1) is 17.2. The molecule has 3 rings (SSSR count). The van der Waals surface area contributed by atoms with Crippen molar-refractivity contribution in [1.82, 2.24) is 9.88 Å². The maximum Gasteiger partial charge on any atom is 0.308 e. The third-order valence-electron chi connectivity index (χ3n) is 3.70. The van der Waals surface area contributed by atoms with Gasteiger partial charge in [-0.2, -0.15) is 0 Å². The Balaban J connectivity index is 1.55. The van der Waals surface area contributed by atoms with Crippen molar-refractivity contribution in [3.05, 3.63) is 63.5 Å². The second kappa shape index (κ2) is 7.48. The lowest BCUT2D eigenvalue weighted by molar-refractivity contribution is -0.121. The molecule has 130 valence electrons. The van der Waals surface area contributed by atoms with Gasteiger partial charge in [0.2, 0.25) is 5.91 Å². The predicted molar refractivity (Wildman–Crippen MR) is 95.7 cm³/mol. The summed E-state index contributed by atoms with van der Waals surface area (Å²) in [6, 6.07) is 11.4. The summed E-state index contributed by atoms with van der Waals surface area (Å²) in [6.07, 6.45) is 0. The number of nitrogens with one attached hydrogen (secondary N) is 1. The molecule has 1 amide bonds. The number of aromatic nitrogens is 1. The van der Waals surface area contributed by atoms with Crippen LogP contribution in [0.25, 0.3) is 10.2 Å². The molecule has 0 spiro atoms. The lowest BCUT2D eigenvalue weighted by Crippen LogP contribution is -2.33. The van der Waals surface area contributed by atoms with Gasteiger partial charge in [0.1, 0.15) is 24.7 Å². The molecule has 1 N–H and O–H groups in total. The van der Waals surface area contributed by atoms with Gasteiger partial charge in [0, 0.05) is 0 Å². The van der Waals surface area contributed by atoms with Gasteiger partial charge in [-0.25, -0.2) is 4.39 Å². The van der Waals surface area contributed by atoms with Crippen LogP contribution < -0.4 is 14.9 Å². The highest BCUT2D eigenvalue weighted by atomic mass is 32.1. The number of benzene rings is 2. The number of hydrogen-bond acceptors (Lipinski definition) is 4. The van der Waals surface area contributed by atoms with Gasteiger partial charge >= 0.3 is 4.87 Å². The van der Waals surface area contributed by atoms with E-state index in [1.165, 1.54) is 28.8 Å². The van der Waals surface area contributed by atoms with Crippen molar-refractivity contribution in [2.24, 2.45) is 0 Å². The molecule has 1 heterocycles. The van der Waals surface area contributed by atoms with E-state index in [2.05, 4.69) is 5.32 Å². The van der Waals surface area contributed by atoms with Crippen LogP contribution in [0, 0.1) is 12.7 Å². The lowest BCUT2D eigenvalue weighted by Gasteiger charge is -2.09. The standard InChI is InChI=1S/C18H17FN2O3S/c1-12-3-2-4-15-17(12)21(18(23)25-15)11-16(22)20-9-10-24-14-7-5-13(19)6-8-14/h2-8H,9-11H2,1H3,(H,20,22). The van der Waals surface area contributed by atoms with Crippen molar-refractivity contribution in [1.29, 1.82) is 0 Å². The largest absolute Gasteiger partial charge is 0.492 e. The molecule has 0 aliphatic heterocycles. The van der Waals surface area contributed by atoms with Crippen LogP contribution >= 0.6 is 11.3 Å². The molecule has 2 aromatic carbocycles. The molecular weight excluding hydrogens is 343 g/mol. The number of halogens is 1. The average molecular weight is 360 g/mol. The van der Waals surface area contributed by atoms with E-state index in [1.54, 1.807) is 0 Å². The fourth-order valence-corrected chi connectivity index (χ4v) is 3.50. The molecule has 0 atom stereocenters. The molecule has 0 aliphatic rings. The van der Waals surface area contributed by atoms with E-state index in [0.717, 1.165) is 27.1 Å². The predicted octanol–water partition coefficient (Wildman–Crippen LogP) is 2.71. The normalized spacial score (nSPS) is 10.8. The highest BCUT2D eigenvalue weighted by Gasteiger charge is 2.12. The van der Waals surface area contributed by atoms with Crippen LogP contribution in [0.15, 0.2) is 47.3 Å². The first-order valence-electron chi connectivity index (χ1n) is 7.78. The number of fused-ring (bicyclic) bond motifs is 1. The number of amides is 1. The number of thiazole rings is 1. The SMILES string of the molecule is Cc1cccc2sc(=O)n(CC(=O)NCCOc3ccc(F)cc3)c12. The average Bonchev–Trinajstić information content (AvgIpc) is 2.90. The van der Waals surface area contributed by atoms with E-state index in [1.807, 2.05) is 25.1 Å². The summed E-state index contributed by atoms with van der Waals surface area (Å²) in [5.74, 6) is -0.0524. The third kappa shape index (κ3) is 4.06. The molecule has 3 aromatic rings. The Morgan fingerprint density at radius 1 is 1.24 bits per heavy atom. The van der Waals surface area contributed by atoms with Crippen LogP contribution in [0.2, 0.25) is 0 Å². The summed E-state index contributed by atoms with van der Waals surface area (Å²) in [4.78, 5) is 24.1. The minimum Gasteiger partial charge on any atom is -0.492 e. The van der Waals surface area contributed by atoms with E-state index in [-0.39, 0.29) is 29.7 Å². The summed E-state index contributed by atoms with van der Waals surface area (Å²) < 4.78 is 20.6. The van der Waals surface area contributed by atoms with Crippen LogP contribution in [0.4, 0.5) is 4.39 Å². The van der Waals surface area contributed by atoms with Crippen LogP contribution in [0.1, 0.15) is 5.56 Å². The molecule has 5 nitrogen and oxygen atoms in total. The summed E-state index contributed by atoms with van der Waals surface area (Å²) in [6.45, 7) is 2.45. The molecule has 0 radical (unpaired) electrons. The maximum atomic E-state index is 12.8. The summed E-state index contributed by atoms with van der Waals surface area (Å²) in [5, 5.41) is 2.72. The van der Waals surface area contributed by atoms with E-state index >= 15 is 0 Å². The first-order chi connectivity index (χ1) is 12.0. The Morgan fingerprint density at radius 3 is 2.76 bits per heavy atom. The van der Waals surface area contributed by atoms with E-state index < -0.39 is 0 Å². The number of nitrogens with zero attached hydrogens (tertiary/aromatic N) is 1. The number of ether oxygens (including phenoxy) is 1. The van der Waals surface area contributed by atoms with E-state index in [4.69, 9.17) is 4.74 Å². The molecule has 0 unspecified atom stereocenters. The molecule has 0 aliphatic carbocycles. The zero-order valence-electron chi connectivity index (χ0n) is 13.6. The van der Waals surface area contributed by atoms with Gasteiger partial charge in [-0.3, -0.25) is 14.2 Å². The van der Waals surface area contributed by atoms with Gasteiger partial charge in [-0.05, 0) is 42.8 Å². The second-order valence-electron chi connectivity index (χ2n) is 5.53. The maximum absolute atomic E-state index is 12.8. The molecule has 0 bridgehead atoms. The number of carbonyl (C=O) groups is 1. The summed E-state index contributed by atoms with van der Waals surface area (Å²) in [5.41, 5.74) is 1.76. The topological polar surface area (TPSA) is 60.3 Å². The molecule has 7 heteroatoms. The van der Waals surface area contributed by atoms with Gasteiger partial charge in [-0.1, -0.05) is 23.5 Å². The number of aryl methyl sites for hydroxylation is 1. The molecule has 0 saturated heterocycles. The highest BCUT2D eigenvalue weighted by Crippen LogP contribution is 2.20. The highest BCUT2D eigenvalue weighted by molar-refractivity contribution is 7.16.